The van der Waals surface area contributed by atoms with Gasteiger partial charge in [-0.05, 0) is 73.5 Å². The zero-order valence-corrected chi connectivity index (χ0v) is 23.7. The molecule has 1 spiro atoms. The minimum Gasteiger partial charge on any atom is -0.305 e. The lowest BCUT2D eigenvalue weighted by atomic mass is 9.69. The summed E-state index contributed by atoms with van der Waals surface area (Å²) in [5, 5.41) is 0.606. The van der Waals surface area contributed by atoms with Gasteiger partial charge in [0.05, 0.1) is 6.04 Å². The third-order valence-electron chi connectivity index (χ3n) is 8.70. The van der Waals surface area contributed by atoms with Gasteiger partial charge in [0.2, 0.25) is 0 Å². The van der Waals surface area contributed by atoms with Gasteiger partial charge in [0.1, 0.15) is 17.7 Å². The predicted molar refractivity (Wildman–Crippen MR) is 152 cm³/mol. The molecule has 2 aliphatic rings. The molecule has 0 radical (unpaired) electrons. The first-order chi connectivity index (χ1) is 17.6. The number of aliphatic imine (C=N–C) groups is 1. The number of carbonyl (C=O) groups excluding carboxylic acids is 2. The first-order valence-electron chi connectivity index (χ1n) is 13.8. The molecule has 2 aromatic carbocycles. The average Bonchev–Trinajstić information content (AvgIpc) is 3.15. The van der Waals surface area contributed by atoms with E-state index in [2.05, 4.69) is 39.5 Å². The second-order valence-electron chi connectivity index (χ2n) is 12.2. The first-order valence-corrected chi connectivity index (χ1v) is 14.2. The molecular weight excluding hydrogens is 480 g/mol. The van der Waals surface area contributed by atoms with Crippen molar-refractivity contribution < 1.29 is 9.59 Å². The average molecular weight is 521 g/mol. The van der Waals surface area contributed by atoms with E-state index in [1.54, 1.807) is 0 Å². The zero-order valence-electron chi connectivity index (χ0n) is 23.0. The quantitative estimate of drug-likeness (QED) is 0.329. The van der Waals surface area contributed by atoms with Crippen LogP contribution in [0.2, 0.25) is 5.02 Å². The van der Waals surface area contributed by atoms with E-state index in [1.165, 1.54) is 0 Å². The number of carbonyl (C=O) groups is 2. The van der Waals surface area contributed by atoms with Gasteiger partial charge in [-0.15, -0.1) is 0 Å². The van der Waals surface area contributed by atoms with Gasteiger partial charge in [0.15, 0.2) is 0 Å². The van der Waals surface area contributed by atoms with Crippen LogP contribution in [-0.4, -0.2) is 28.5 Å². The molecule has 1 fully saturated rings. The molecule has 4 nitrogen and oxygen atoms in total. The summed E-state index contributed by atoms with van der Waals surface area (Å²) in [6, 6.07) is 15.2. The number of hydrogen-bond donors (Lipinski definition) is 0. The van der Waals surface area contributed by atoms with Crippen LogP contribution in [0.5, 0.6) is 0 Å². The van der Waals surface area contributed by atoms with Gasteiger partial charge in [-0.1, -0.05) is 89.0 Å². The summed E-state index contributed by atoms with van der Waals surface area (Å²) < 4.78 is 0. The van der Waals surface area contributed by atoms with Crippen molar-refractivity contribution in [3.63, 3.8) is 0 Å². The Morgan fingerprint density at radius 1 is 1.11 bits per heavy atom. The highest BCUT2D eigenvalue weighted by molar-refractivity contribution is 6.47. The second-order valence-corrected chi connectivity index (χ2v) is 12.6. The number of nitrogens with zero attached hydrogens (tertiary/aromatic N) is 2. The molecule has 1 aliphatic heterocycles. The van der Waals surface area contributed by atoms with Gasteiger partial charge in [-0.25, -0.2) is 0 Å². The number of rotatable bonds is 8. The lowest BCUT2D eigenvalue weighted by molar-refractivity contribution is -0.133. The molecule has 0 aromatic heterocycles. The molecule has 198 valence electrons. The van der Waals surface area contributed by atoms with Gasteiger partial charge < -0.3 is 4.90 Å². The highest BCUT2D eigenvalue weighted by Gasteiger charge is 2.52. The molecule has 5 heteroatoms. The third kappa shape index (κ3) is 5.85. The fourth-order valence-corrected chi connectivity index (χ4v) is 6.25. The molecule has 1 aliphatic carbocycles. The normalized spacial score (nSPS) is 23.7. The molecule has 37 heavy (non-hydrogen) atoms. The van der Waals surface area contributed by atoms with E-state index in [9.17, 15) is 9.59 Å². The van der Waals surface area contributed by atoms with Gasteiger partial charge >= 0.3 is 0 Å². The zero-order chi connectivity index (χ0) is 26.8. The fourth-order valence-electron chi connectivity index (χ4n) is 6.06. The maximum Gasteiger partial charge on any atom is 0.275 e. The minimum atomic E-state index is -0.556. The van der Waals surface area contributed by atoms with Crippen LogP contribution in [0.15, 0.2) is 53.5 Å². The Hall–Kier alpha value is -2.46. The van der Waals surface area contributed by atoms with Crippen molar-refractivity contribution in [1.82, 2.24) is 4.90 Å². The highest BCUT2D eigenvalue weighted by atomic mass is 35.5. The summed E-state index contributed by atoms with van der Waals surface area (Å²) in [6.45, 7) is 11.4. The van der Waals surface area contributed by atoms with E-state index in [0.29, 0.717) is 28.1 Å². The van der Waals surface area contributed by atoms with Crippen molar-refractivity contribution in [3.05, 3.63) is 70.2 Å². The summed E-state index contributed by atoms with van der Waals surface area (Å²) in [5.41, 5.74) is 2.70. The molecule has 0 N–H and O–H groups in total. The number of amides is 1. The van der Waals surface area contributed by atoms with E-state index < -0.39 is 5.66 Å². The van der Waals surface area contributed by atoms with Gasteiger partial charge in [-0.3, -0.25) is 14.6 Å². The largest absolute Gasteiger partial charge is 0.305 e. The van der Waals surface area contributed by atoms with Gasteiger partial charge in [0, 0.05) is 16.1 Å². The van der Waals surface area contributed by atoms with Crippen LogP contribution in [-0.2, 0) is 4.79 Å². The van der Waals surface area contributed by atoms with Crippen molar-refractivity contribution in [2.75, 3.05) is 0 Å². The minimum absolute atomic E-state index is 0.00918. The number of halogens is 1. The fraction of sp³-hybridized carbons (Fsp3) is 0.531. The molecule has 2 unspecified atom stereocenters. The Labute approximate surface area is 227 Å². The number of hydrogen-bond acceptors (Lipinski definition) is 3. The lowest BCUT2D eigenvalue weighted by Crippen LogP contribution is -2.51. The molecule has 0 bridgehead atoms. The monoisotopic (exact) mass is 520 g/mol. The van der Waals surface area contributed by atoms with Crippen molar-refractivity contribution in [2.45, 2.75) is 91.3 Å². The van der Waals surface area contributed by atoms with Gasteiger partial charge in [-0.2, -0.15) is 0 Å². The Morgan fingerprint density at radius 2 is 1.78 bits per heavy atom. The standard InChI is InChI=1S/C32H41ClN2O2/c1-6-22(2)10-15-28(24-13-11-23(21-36)12-14-24)35-30(37)29(25-8-7-9-27(33)20-25)34-32(35)18-16-26(17-19-32)31(3,4)5/h7-9,11-14,20-22,26,28H,6,10,15-19H2,1-5H3. The maximum atomic E-state index is 14.3. The molecule has 4 rings (SSSR count). The van der Waals surface area contributed by atoms with Crippen LogP contribution in [0.25, 0.3) is 0 Å². The summed E-state index contributed by atoms with van der Waals surface area (Å²) in [7, 11) is 0. The van der Waals surface area contributed by atoms with E-state index >= 15 is 0 Å². The third-order valence-corrected chi connectivity index (χ3v) is 8.93. The Morgan fingerprint density at radius 3 is 2.35 bits per heavy atom. The maximum absolute atomic E-state index is 14.3. The summed E-state index contributed by atoms with van der Waals surface area (Å²) >= 11 is 6.33. The van der Waals surface area contributed by atoms with Crippen LogP contribution in [0.4, 0.5) is 0 Å². The SMILES string of the molecule is CCC(C)CCC(c1ccc(C=O)cc1)N1C(=O)C(c2cccc(Cl)c2)=NC12CCC(C(C)(C)C)CC2. The molecule has 2 atom stereocenters. The van der Waals surface area contributed by atoms with Gasteiger partial charge in [0.25, 0.3) is 5.91 Å². The van der Waals surface area contributed by atoms with E-state index in [0.717, 1.165) is 62.4 Å². The van der Waals surface area contributed by atoms with Crippen LogP contribution >= 0.6 is 11.6 Å². The van der Waals surface area contributed by atoms with E-state index in [1.807, 2.05) is 48.5 Å². The summed E-state index contributed by atoms with van der Waals surface area (Å²) in [5.74, 6) is 1.16. The topological polar surface area (TPSA) is 49.7 Å². The lowest BCUT2D eigenvalue weighted by Gasteiger charge is -2.47. The molecule has 2 aromatic rings. The Balaban J connectivity index is 1.78. The second kappa shape index (κ2) is 11.1. The molecular formula is C32H41ClN2O2. The van der Waals surface area contributed by atoms with Crippen molar-refractivity contribution >= 4 is 29.5 Å². The Bertz CT molecular complexity index is 1140. The summed E-state index contributed by atoms with van der Waals surface area (Å²) in [4.78, 5) is 33.0. The van der Waals surface area contributed by atoms with Crippen LogP contribution < -0.4 is 0 Å². The summed E-state index contributed by atoms with van der Waals surface area (Å²) in [6.07, 6.45) is 7.66. The van der Waals surface area contributed by atoms with E-state index in [4.69, 9.17) is 16.6 Å². The highest BCUT2D eigenvalue weighted by Crippen LogP contribution is 2.50. The Kier molecular flexibility index (Phi) is 8.28. The smallest absolute Gasteiger partial charge is 0.275 e. The van der Waals surface area contributed by atoms with E-state index in [-0.39, 0.29) is 17.4 Å². The van der Waals surface area contributed by atoms with Crippen LogP contribution in [0.3, 0.4) is 0 Å². The number of benzene rings is 2. The van der Waals surface area contributed by atoms with Crippen molar-refractivity contribution in [2.24, 2.45) is 22.2 Å². The molecule has 1 saturated carbocycles. The van der Waals surface area contributed by atoms with Crippen LogP contribution in [0, 0.1) is 17.3 Å². The number of aldehydes is 1. The van der Waals surface area contributed by atoms with Crippen molar-refractivity contribution in [3.8, 4) is 0 Å². The molecule has 1 heterocycles. The molecule has 1 amide bonds. The predicted octanol–water partition coefficient (Wildman–Crippen LogP) is 8.28. The van der Waals surface area contributed by atoms with Crippen LogP contribution in [0.1, 0.15) is 107 Å². The van der Waals surface area contributed by atoms with Crippen molar-refractivity contribution in [1.29, 1.82) is 0 Å². The first kappa shape index (κ1) is 27.6. The molecule has 0 saturated heterocycles.